The largest absolute Gasteiger partial charge is 0.372 e. The molecule has 0 aliphatic carbocycles. The second-order valence-corrected chi connectivity index (χ2v) is 5.76. The standard InChI is InChI=1S/C13H18N4O2S/c1-13(3-5-14-8-13)19-7-6-17-9-2-4-15-10(9)11(18)16-12(17)20/h2,4,14-15H,3,5-8H2,1H3,(H,16,18,20). The predicted molar refractivity (Wildman–Crippen MR) is 79.6 cm³/mol. The molecular formula is C13H18N4O2S. The van der Waals surface area contributed by atoms with Gasteiger partial charge in [0.2, 0.25) is 0 Å². The Labute approximate surface area is 121 Å². The van der Waals surface area contributed by atoms with Crippen molar-refractivity contribution >= 4 is 23.3 Å². The fourth-order valence-corrected chi connectivity index (χ4v) is 2.91. The average Bonchev–Trinajstić information content (AvgIpc) is 3.03. The molecule has 3 heterocycles. The Morgan fingerprint density at radius 3 is 3.15 bits per heavy atom. The van der Waals surface area contributed by atoms with Gasteiger partial charge in [0, 0.05) is 19.3 Å². The Morgan fingerprint density at radius 1 is 1.55 bits per heavy atom. The molecule has 1 saturated heterocycles. The third-order valence-electron chi connectivity index (χ3n) is 3.80. The number of aromatic nitrogens is 3. The monoisotopic (exact) mass is 294 g/mol. The summed E-state index contributed by atoms with van der Waals surface area (Å²) in [4.78, 5) is 17.4. The lowest BCUT2D eigenvalue weighted by Gasteiger charge is -2.23. The van der Waals surface area contributed by atoms with Crippen LogP contribution >= 0.6 is 12.2 Å². The fraction of sp³-hybridized carbons (Fsp3) is 0.538. The molecule has 1 aliphatic heterocycles. The quantitative estimate of drug-likeness (QED) is 0.740. The summed E-state index contributed by atoms with van der Waals surface area (Å²) in [6, 6.07) is 1.86. The molecule has 0 aromatic carbocycles. The van der Waals surface area contributed by atoms with E-state index in [2.05, 4.69) is 22.2 Å². The molecule has 7 heteroatoms. The summed E-state index contributed by atoms with van der Waals surface area (Å²) in [5.74, 6) is 0. The Morgan fingerprint density at radius 2 is 2.40 bits per heavy atom. The number of nitrogens with one attached hydrogen (secondary N) is 3. The van der Waals surface area contributed by atoms with Gasteiger partial charge in [0.25, 0.3) is 5.56 Å². The Hall–Kier alpha value is -1.44. The number of ether oxygens (including phenoxy) is 1. The van der Waals surface area contributed by atoms with E-state index in [4.69, 9.17) is 17.0 Å². The van der Waals surface area contributed by atoms with Crippen LogP contribution in [-0.2, 0) is 11.3 Å². The zero-order valence-corrected chi connectivity index (χ0v) is 12.2. The molecule has 2 aromatic heterocycles. The third kappa shape index (κ3) is 2.44. The minimum atomic E-state index is -0.181. The van der Waals surface area contributed by atoms with E-state index in [0.717, 1.165) is 25.0 Å². The van der Waals surface area contributed by atoms with Crippen molar-refractivity contribution in [2.75, 3.05) is 19.7 Å². The summed E-state index contributed by atoms with van der Waals surface area (Å²) in [7, 11) is 0. The molecule has 108 valence electrons. The van der Waals surface area contributed by atoms with Gasteiger partial charge in [0.05, 0.1) is 17.7 Å². The number of nitrogens with zero attached hydrogens (tertiary/aromatic N) is 1. The molecular weight excluding hydrogens is 276 g/mol. The Bertz CT molecular complexity index is 724. The molecule has 0 amide bonds. The molecule has 20 heavy (non-hydrogen) atoms. The van der Waals surface area contributed by atoms with Crippen LogP contribution in [0.4, 0.5) is 0 Å². The van der Waals surface area contributed by atoms with Gasteiger partial charge >= 0.3 is 0 Å². The zero-order chi connectivity index (χ0) is 14.2. The third-order valence-corrected chi connectivity index (χ3v) is 4.13. The van der Waals surface area contributed by atoms with Crippen molar-refractivity contribution in [1.82, 2.24) is 19.9 Å². The lowest BCUT2D eigenvalue weighted by molar-refractivity contribution is -0.0196. The van der Waals surface area contributed by atoms with Gasteiger partial charge in [-0.2, -0.15) is 0 Å². The van der Waals surface area contributed by atoms with E-state index < -0.39 is 0 Å². The number of fused-ring (bicyclic) bond motifs is 1. The molecule has 0 spiro atoms. The van der Waals surface area contributed by atoms with Gasteiger partial charge in [0.1, 0.15) is 5.52 Å². The van der Waals surface area contributed by atoms with Crippen molar-refractivity contribution in [3.63, 3.8) is 0 Å². The highest BCUT2D eigenvalue weighted by atomic mass is 32.1. The van der Waals surface area contributed by atoms with Crippen LogP contribution in [0.15, 0.2) is 17.1 Å². The molecule has 3 rings (SSSR count). The van der Waals surface area contributed by atoms with Gasteiger partial charge in [0.15, 0.2) is 4.77 Å². The smallest absolute Gasteiger partial charge is 0.276 e. The van der Waals surface area contributed by atoms with Crippen molar-refractivity contribution in [3.8, 4) is 0 Å². The Kier molecular flexibility index (Phi) is 3.49. The molecule has 1 fully saturated rings. The molecule has 1 unspecified atom stereocenters. The van der Waals surface area contributed by atoms with E-state index in [1.54, 1.807) is 6.20 Å². The van der Waals surface area contributed by atoms with E-state index in [0.29, 0.717) is 23.4 Å². The number of hydrogen-bond acceptors (Lipinski definition) is 4. The Balaban J connectivity index is 1.79. The van der Waals surface area contributed by atoms with Crippen LogP contribution in [-0.4, -0.2) is 39.8 Å². The minimum Gasteiger partial charge on any atom is -0.372 e. The summed E-state index contributed by atoms with van der Waals surface area (Å²) < 4.78 is 8.30. The lowest BCUT2D eigenvalue weighted by atomic mass is 10.1. The molecule has 6 nitrogen and oxygen atoms in total. The SMILES string of the molecule is CC1(OCCn2c(=S)[nH]c(=O)c3[nH]ccc32)CCNC1. The molecule has 2 aromatic rings. The molecule has 1 atom stereocenters. The second kappa shape index (κ2) is 5.16. The number of aromatic amines is 2. The number of rotatable bonds is 4. The normalized spacial score (nSPS) is 22.6. The summed E-state index contributed by atoms with van der Waals surface area (Å²) in [6.07, 6.45) is 2.76. The number of hydrogen-bond donors (Lipinski definition) is 3. The van der Waals surface area contributed by atoms with Crippen molar-refractivity contribution in [1.29, 1.82) is 0 Å². The second-order valence-electron chi connectivity index (χ2n) is 5.37. The first kappa shape index (κ1) is 13.5. The summed E-state index contributed by atoms with van der Waals surface area (Å²) in [5, 5.41) is 3.30. The van der Waals surface area contributed by atoms with E-state index in [-0.39, 0.29) is 11.2 Å². The molecule has 1 aliphatic rings. The maximum Gasteiger partial charge on any atom is 0.276 e. The van der Waals surface area contributed by atoms with Crippen LogP contribution in [0.5, 0.6) is 0 Å². The maximum atomic E-state index is 11.7. The van der Waals surface area contributed by atoms with Crippen LogP contribution in [0.1, 0.15) is 13.3 Å². The van der Waals surface area contributed by atoms with Crippen LogP contribution in [0, 0.1) is 4.77 Å². The zero-order valence-electron chi connectivity index (χ0n) is 11.4. The van der Waals surface area contributed by atoms with Crippen molar-refractivity contribution in [2.45, 2.75) is 25.5 Å². The van der Waals surface area contributed by atoms with E-state index in [9.17, 15) is 4.79 Å². The maximum absolute atomic E-state index is 11.7. The highest BCUT2D eigenvalue weighted by molar-refractivity contribution is 7.71. The molecule has 3 N–H and O–H groups in total. The fourth-order valence-electron chi connectivity index (χ4n) is 2.63. The van der Waals surface area contributed by atoms with Crippen molar-refractivity contribution < 1.29 is 4.74 Å². The van der Waals surface area contributed by atoms with Gasteiger partial charge in [-0.1, -0.05) is 0 Å². The number of H-pyrrole nitrogens is 2. The van der Waals surface area contributed by atoms with Gasteiger partial charge in [-0.25, -0.2) is 0 Å². The molecule has 0 bridgehead atoms. The highest BCUT2D eigenvalue weighted by Crippen LogP contribution is 2.18. The van der Waals surface area contributed by atoms with Crippen LogP contribution in [0.25, 0.3) is 11.0 Å². The summed E-state index contributed by atoms with van der Waals surface area (Å²) in [5.41, 5.74) is 1.09. The van der Waals surface area contributed by atoms with E-state index in [1.165, 1.54) is 0 Å². The van der Waals surface area contributed by atoms with E-state index >= 15 is 0 Å². The summed E-state index contributed by atoms with van der Waals surface area (Å²) in [6.45, 7) is 5.18. The van der Waals surface area contributed by atoms with Crippen LogP contribution < -0.4 is 10.9 Å². The van der Waals surface area contributed by atoms with Crippen molar-refractivity contribution in [2.24, 2.45) is 0 Å². The van der Waals surface area contributed by atoms with Gasteiger partial charge in [-0.15, -0.1) is 0 Å². The predicted octanol–water partition coefficient (Wildman–Crippen LogP) is 1.16. The topological polar surface area (TPSA) is 74.8 Å². The molecule has 0 radical (unpaired) electrons. The lowest BCUT2D eigenvalue weighted by Crippen LogP contribution is -2.32. The summed E-state index contributed by atoms with van der Waals surface area (Å²) >= 11 is 5.23. The van der Waals surface area contributed by atoms with Crippen molar-refractivity contribution in [3.05, 3.63) is 27.4 Å². The van der Waals surface area contributed by atoms with E-state index in [1.807, 2.05) is 10.6 Å². The van der Waals surface area contributed by atoms with Crippen LogP contribution in [0.3, 0.4) is 0 Å². The highest BCUT2D eigenvalue weighted by Gasteiger charge is 2.28. The first-order chi connectivity index (χ1) is 9.59. The molecule has 0 saturated carbocycles. The average molecular weight is 294 g/mol. The van der Waals surface area contributed by atoms with Gasteiger partial charge < -0.3 is 19.6 Å². The van der Waals surface area contributed by atoms with Crippen LogP contribution in [0.2, 0.25) is 0 Å². The van der Waals surface area contributed by atoms with Gasteiger partial charge in [-0.05, 0) is 38.2 Å². The first-order valence-electron chi connectivity index (χ1n) is 6.74. The first-order valence-corrected chi connectivity index (χ1v) is 7.15. The minimum absolute atomic E-state index is 0.0956. The van der Waals surface area contributed by atoms with Gasteiger partial charge in [-0.3, -0.25) is 9.78 Å².